The predicted molar refractivity (Wildman–Crippen MR) is 138 cm³/mol. The second-order valence-corrected chi connectivity index (χ2v) is 10.4. The van der Waals surface area contributed by atoms with E-state index in [0.29, 0.717) is 27.5 Å². The third-order valence-corrected chi connectivity index (χ3v) is 7.48. The maximum absolute atomic E-state index is 14.2. The van der Waals surface area contributed by atoms with Gasteiger partial charge < -0.3 is 15.5 Å². The lowest BCUT2D eigenvalue weighted by Crippen LogP contribution is -2.42. The van der Waals surface area contributed by atoms with Gasteiger partial charge in [-0.05, 0) is 48.4 Å². The number of carbonyl (C=O) groups is 2. The number of thioether (sulfide) groups is 1. The highest BCUT2D eigenvalue weighted by Gasteiger charge is 2.62. The topological polar surface area (TPSA) is 92.2 Å². The number of aryl methyl sites for hydroxylation is 1. The van der Waals surface area contributed by atoms with Gasteiger partial charge in [-0.3, -0.25) is 14.6 Å². The zero-order chi connectivity index (χ0) is 27.0. The molecule has 2 atom stereocenters. The first-order valence-corrected chi connectivity index (χ1v) is 12.8. The molecule has 0 spiro atoms. The van der Waals surface area contributed by atoms with Crippen molar-refractivity contribution in [3.8, 4) is 0 Å². The molecule has 4 rings (SSSR count). The van der Waals surface area contributed by atoms with E-state index in [1.54, 1.807) is 13.0 Å². The van der Waals surface area contributed by atoms with Gasteiger partial charge in [-0.15, -0.1) is 11.8 Å². The van der Waals surface area contributed by atoms with Crippen molar-refractivity contribution < 1.29 is 27.6 Å². The number of hydrogen-bond acceptors (Lipinski definition) is 6. The molecule has 0 fully saturated rings. The molecule has 2 heterocycles. The molecular weight excluding hydrogens is 552 g/mol. The minimum Gasteiger partial charge on any atom is -0.374 e. The van der Waals surface area contributed by atoms with Crippen LogP contribution in [0, 0.1) is 6.92 Å². The van der Waals surface area contributed by atoms with Gasteiger partial charge in [0.15, 0.2) is 0 Å². The van der Waals surface area contributed by atoms with Crippen molar-refractivity contribution >= 4 is 57.5 Å². The predicted octanol–water partition coefficient (Wildman–Crippen LogP) is 4.87. The zero-order valence-corrected chi connectivity index (χ0v) is 21.9. The summed E-state index contributed by atoms with van der Waals surface area (Å²) in [4.78, 5) is 33.8. The number of carbonyl (C=O) groups excluding carboxylic acids is 2. The van der Waals surface area contributed by atoms with Crippen molar-refractivity contribution in [3.63, 3.8) is 0 Å². The van der Waals surface area contributed by atoms with E-state index in [0.717, 1.165) is 12.1 Å². The minimum atomic E-state index is -4.81. The van der Waals surface area contributed by atoms with Crippen LogP contribution >= 0.6 is 35.0 Å². The van der Waals surface area contributed by atoms with E-state index in [1.807, 2.05) is 0 Å². The SMILES string of the molecule is CNC(=O)C1CSC(CNC(=O)c2ccc(C3=NOC(c4cc(Cl)cc(Cl)c4)(C(F)(F)F)C3)cc2C)=N1. The van der Waals surface area contributed by atoms with Crippen LogP contribution in [-0.2, 0) is 15.2 Å². The summed E-state index contributed by atoms with van der Waals surface area (Å²) in [6, 6.07) is 7.78. The van der Waals surface area contributed by atoms with Crippen molar-refractivity contribution in [2.75, 3.05) is 19.3 Å². The number of aliphatic imine (C=N–C) groups is 1. The van der Waals surface area contributed by atoms with E-state index in [4.69, 9.17) is 28.0 Å². The Hall–Kier alpha value is -2.76. The standard InChI is InChI=1S/C24H21Cl2F3N4O3S/c1-12-5-13(3-4-17(12)21(34)31-10-20-32-19(11-37-20)22(35)30-2)18-9-23(36-33-18,24(27,28)29)14-6-15(25)8-16(26)7-14/h3-8,19H,9-11H2,1-2H3,(H,30,35)(H,31,34). The Bertz CT molecular complexity index is 1300. The summed E-state index contributed by atoms with van der Waals surface area (Å²) in [5, 5.41) is 9.78. The molecule has 0 radical (unpaired) electrons. The molecular formula is C24H21Cl2F3N4O3S. The molecule has 37 heavy (non-hydrogen) atoms. The lowest BCUT2D eigenvalue weighted by molar-refractivity contribution is -0.275. The van der Waals surface area contributed by atoms with Crippen LogP contribution in [0.15, 0.2) is 46.5 Å². The van der Waals surface area contributed by atoms with Crippen molar-refractivity contribution in [1.82, 2.24) is 10.6 Å². The Labute approximate surface area is 224 Å². The first-order chi connectivity index (χ1) is 17.4. The zero-order valence-electron chi connectivity index (χ0n) is 19.6. The lowest BCUT2D eigenvalue weighted by atomic mass is 9.86. The maximum atomic E-state index is 14.2. The Kier molecular flexibility index (Phi) is 7.77. The second-order valence-electron chi connectivity index (χ2n) is 8.47. The third-order valence-electron chi connectivity index (χ3n) is 5.98. The quantitative estimate of drug-likeness (QED) is 0.516. The minimum absolute atomic E-state index is 0.0421. The summed E-state index contributed by atoms with van der Waals surface area (Å²) in [6.45, 7) is 1.83. The van der Waals surface area contributed by atoms with Crippen LogP contribution < -0.4 is 10.6 Å². The average Bonchev–Trinajstić information content (AvgIpc) is 3.50. The van der Waals surface area contributed by atoms with Gasteiger partial charge in [-0.2, -0.15) is 13.2 Å². The molecule has 2 aromatic rings. The van der Waals surface area contributed by atoms with Gasteiger partial charge in [0.05, 0.1) is 17.3 Å². The van der Waals surface area contributed by atoms with Crippen LogP contribution in [-0.4, -0.2) is 54.1 Å². The first-order valence-electron chi connectivity index (χ1n) is 11.0. The van der Waals surface area contributed by atoms with Crippen molar-refractivity contribution in [2.45, 2.75) is 31.2 Å². The fourth-order valence-electron chi connectivity index (χ4n) is 4.02. The van der Waals surface area contributed by atoms with Crippen LogP contribution in [0.5, 0.6) is 0 Å². The first kappa shape index (κ1) is 27.3. The number of hydrogen-bond donors (Lipinski definition) is 2. The fraction of sp³-hybridized carbons (Fsp3) is 0.333. The molecule has 196 valence electrons. The number of halogens is 5. The number of rotatable bonds is 6. The Balaban J connectivity index is 1.49. The van der Waals surface area contributed by atoms with E-state index in [1.165, 1.54) is 37.0 Å². The molecule has 2 amide bonds. The van der Waals surface area contributed by atoms with Gasteiger partial charge in [-0.25, -0.2) is 0 Å². The van der Waals surface area contributed by atoms with E-state index < -0.39 is 24.2 Å². The number of nitrogens with zero attached hydrogens (tertiary/aromatic N) is 2. The summed E-state index contributed by atoms with van der Waals surface area (Å²) in [6.07, 6.45) is -5.40. The van der Waals surface area contributed by atoms with Gasteiger partial charge in [0.1, 0.15) is 6.04 Å². The highest BCUT2D eigenvalue weighted by molar-refractivity contribution is 8.14. The summed E-state index contributed by atoms with van der Waals surface area (Å²) in [7, 11) is 1.54. The van der Waals surface area contributed by atoms with Crippen LogP contribution in [0.2, 0.25) is 10.0 Å². The molecule has 2 aliphatic heterocycles. The van der Waals surface area contributed by atoms with E-state index in [-0.39, 0.29) is 39.7 Å². The van der Waals surface area contributed by atoms with Crippen molar-refractivity contribution in [2.24, 2.45) is 10.1 Å². The average molecular weight is 573 g/mol. The lowest BCUT2D eigenvalue weighted by Gasteiger charge is -2.29. The molecule has 2 N–H and O–H groups in total. The molecule has 0 saturated heterocycles. The fourth-order valence-corrected chi connectivity index (χ4v) is 5.49. The molecule has 0 aromatic heterocycles. The molecule has 0 aliphatic carbocycles. The number of likely N-dealkylation sites (N-methyl/N-ethyl adjacent to an activating group) is 1. The van der Waals surface area contributed by atoms with Gasteiger partial charge in [0.2, 0.25) is 5.91 Å². The Morgan fingerprint density at radius 2 is 1.89 bits per heavy atom. The normalized spacial score (nSPS) is 21.2. The second kappa shape index (κ2) is 10.5. The summed E-state index contributed by atoms with van der Waals surface area (Å²) >= 11 is 13.3. The number of alkyl halides is 3. The van der Waals surface area contributed by atoms with Gasteiger partial charge >= 0.3 is 6.18 Å². The summed E-state index contributed by atoms with van der Waals surface area (Å²) in [5.74, 6) is -0.0607. The van der Waals surface area contributed by atoms with Gasteiger partial charge in [0, 0.05) is 40.4 Å². The van der Waals surface area contributed by atoms with Crippen LogP contribution in [0.4, 0.5) is 13.2 Å². The third kappa shape index (κ3) is 5.58. The Morgan fingerprint density at radius 3 is 2.51 bits per heavy atom. The summed E-state index contributed by atoms with van der Waals surface area (Å²) < 4.78 is 42.7. The summed E-state index contributed by atoms with van der Waals surface area (Å²) in [5.41, 5.74) is -1.66. The molecule has 0 bridgehead atoms. The largest absolute Gasteiger partial charge is 0.435 e. The smallest absolute Gasteiger partial charge is 0.374 e. The number of oxime groups is 1. The molecule has 2 aliphatic rings. The number of nitrogens with one attached hydrogen (secondary N) is 2. The molecule has 7 nitrogen and oxygen atoms in total. The van der Waals surface area contributed by atoms with Gasteiger partial charge in [-0.1, -0.05) is 34.4 Å². The molecule has 2 aromatic carbocycles. The number of amides is 2. The monoisotopic (exact) mass is 572 g/mol. The van der Waals surface area contributed by atoms with Crippen LogP contribution in [0.25, 0.3) is 0 Å². The van der Waals surface area contributed by atoms with E-state index >= 15 is 0 Å². The number of benzene rings is 2. The maximum Gasteiger partial charge on any atom is 0.435 e. The van der Waals surface area contributed by atoms with Crippen LogP contribution in [0.3, 0.4) is 0 Å². The van der Waals surface area contributed by atoms with E-state index in [2.05, 4.69) is 20.8 Å². The highest BCUT2D eigenvalue weighted by atomic mass is 35.5. The van der Waals surface area contributed by atoms with Crippen molar-refractivity contribution in [3.05, 3.63) is 68.7 Å². The Morgan fingerprint density at radius 1 is 1.19 bits per heavy atom. The van der Waals surface area contributed by atoms with Crippen LogP contribution in [0.1, 0.15) is 33.5 Å². The highest BCUT2D eigenvalue weighted by Crippen LogP contribution is 2.49. The molecule has 13 heteroatoms. The van der Waals surface area contributed by atoms with Crippen molar-refractivity contribution in [1.29, 1.82) is 0 Å². The molecule has 2 unspecified atom stereocenters. The van der Waals surface area contributed by atoms with Gasteiger partial charge in [0.25, 0.3) is 11.5 Å². The molecule has 0 saturated carbocycles. The van der Waals surface area contributed by atoms with E-state index in [9.17, 15) is 22.8 Å².